The third-order valence-corrected chi connectivity index (χ3v) is 17.4. The lowest BCUT2D eigenvalue weighted by Crippen LogP contribution is -2.17. The molecule has 0 N–H and O–H groups in total. The minimum absolute atomic E-state index is 0.179. The summed E-state index contributed by atoms with van der Waals surface area (Å²) in [6.45, 7) is 4.73. The molecule has 3 aromatic heterocycles. The van der Waals surface area contributed by atoms with Crippen molar-refractivity contribution in [2.75, 3.05) is 9.80 Å². The van der Waals surface area contributed by atoms with Gasteiger partial charge in [0.2, 0.25) is 0 Å². The van der Waals surface area contributed by atoms with E-state index in [4.69, 9.17) is 8.83 Å². The summed E-state index contributed by atoms with van der Waals surface area (Å²) in [5.74, 6) is 0. The quantitative estimate of drug-likeness (QED) is 0.159. The summed E-state index contributed by atoms with van der Waals surface area (Å²) in [4.78, 5) is 4.88. The first-order chi connectivity index (χ1) is 37.4. The third-order valence-electron chi connectivity index (χ3n) is 16.2. The van der Waals surface area contributed by atoms with Crippen molar-refractivity contribution in [3.8, 4) is 22.3 Å². The zero-order chi connectivity index (χ0) is 50.2. The van der Waals surface area contributed by atoms with Crippen LogP contribution in [0.15, 0.2) is 251 Å². The molecule has 0 fully saturated rings. The van der Waals surface area contributed by atoms with Crippen LogP contribution in [0.2, 0.25) is 0 Å². The molecule has 16 rings (SSSR count). The summed E-state index contributed by atoms with van der Waals surface area (Å²) in [5.41, 5.74) is 17.4. The molecule has 0 atom stereocenters. The van der Waals surface area contributed by atoms with Gasteiger partial charge in [-0.2, -0.15) is 0 Å². The Morgan fingerprint density at radius 1 is 0.355 bits per heavy atom. The highest BCUT2D eigenvalue weighted by atomic mass is 32.1. The van der Waals surface area contributed by atoms with E-state index in [1.807, 2.05) is 17.4 Å². The summed E-state index contributed by atoms with van der Waals surface area (Å²) in [6, 6.07) is 88.6. The average Bonchev–Trinajstić information content (AvgIpc) is 4.32. The fraction of sp³-hybridized carbons (Fsp3) is 0.0423. The van der Waals surface area contributed by atoms with Crippen LogP contribution in [0.25, 0.3) is 108 Å². The van der Waals surface area contributed by atoms with E-state index in [2.05, 4.69) is 260 Å². The van der Waals surface area contributed by atoms with Crippen molar-refractivity contribution in [3.05, 3.63) is 254 Å². The van der Waals surface area contributed by atoms with E-state index >= 15 is 0 Å². The van der Waals surface area contributed by atoms with Crippen LogP contribution in [0.5, 0.6) is 0 Å². The second kappa shape index (κ2) is 16.3. The lowest BCUT2D eigenvalue weighted by Gasteiger charge is -2.31. The van der Waals surface area contributed by atoms with E-state index in [1.165, 1.54) is 58.8 Å². The minimum atomic E-state index is -0.179. The molecule has 358 valence electrons. The van der Waals surface area contributed by atoms with Crippen LogP contribution in [-0.4, -0.2) is 0 Å². The van der Waals surface area contributed by atoms with E-state index < -0.39 is 0 Å². The van der Waals surface area contributed by atoms with E-state index in [0.717, 1.165) is 94.3 Å². The van der Waals surface area contributed by atoms with Crippen LogP contribution in [0, 0.1) is 0 Å². The van der Waals surface area contributed by atoms with Crippen LogP contribution in [0.3, 0.4) is 0 Å². The first-order valence-electron chi connectivity index (χ1n) is 26.1. The summed E-state index contributed by atoms with van der Waals surface area (Å²) in [5, 5.41) is 11.5. The number of para-hydroxylation sites is 3. The predicted octanol–water partition coefficient (Wildman–Crippen LogP) is 21.1. The van der Waals surface area contributed by atoms with Gasteiger partial charge in [-0.1, -0.05) is 159 Å². The first kappa shape index (κ1) is 43.0. The number of hydrogen-bond donors (Lipinski definition) is 0. The molecule has 0 unspecified atom stereocenters. The zero-order valence-corrected chi connectivity index (χ0v) is 42.5. The fourth-order valence-corrected chi connectivity index (χ4v) is 13.8. The molecule has 0 saturated carbocycles. The Morgan fingerprint density at radius 3 is 1.87 bits per heavy atom. The Labute approximate surface area is 442 Å². The van der Waals surface area contributed by atoms with Gasteiger partial charge >= 0.3 is 0 Å². The number of thiophene rings is 1. The Hall–Kier alpha value is -9.42. The molecule has 4 nitrogen and oxygen atoms in total. The van der Waals surface area contributed by atoms with Crippen LogP contribution in [0.1, 0.15) is 25.0 Å². The first-order valence-corrected chi connectivity index (χ1v) is 26.9. The van der Waals surface area contributed by atoms with Crippen molar-refractivity contribution in [3.63, 3.8) is 0 Å². The summed E-state index contributed by atoms with van der Waals surface area (Å²) < 4.78 is 15.8. The number of nitrogens with zero attached hydrogens (tertiary/aromatic N) is 2. The Kier molecular flexibility index (Phi) is 9.22. The maximum absolute atomic E-state index is 6.77. The lowest BCUT2D eigenvalue weighted by molar-refractivity contribution is 0.660. The number of anilines is 6. The zero-order valence-electron chi connectivity index (χ0n) is 41.7. The maximum Gasteiger partial charge on any atom is 0.143 e. The molecule has 1 aliphatic rings. The van der Waals surface area contributed by atoms with Gasteiger partial charge in [-0.05, 0) is 141 Å². The van der Waals surface area contributed by atoms with Crippen LogP contribution in [0.4, 0.5) is 34.1 Å². The van der Waals surface area contributed by atoms with Gasteiger partial charge in [0.25, 0.3) is 0 Å². The third kappa shape index (κ3) is 6.36. The molecule has 1 aliphatic carbocycles. The molecule has 0 bridgehead atoms. The molecule has 0 saturated heterocycles. The summed E-state index contributed by atoms with van der Waals surface area (Å²) >= 11 is 1.85. The van der Waals surface area contributed by atoms with Crippen molar-refractivity contribution in [1.29, 1.82) is 0 Å². The highest BCUT2D eigenvalue weighted by Gasteiger charge is 2.36. The normalized spacial score (nSPS) is 13.0. The van der Waals surface area contributed by atoms with Crippen LogP contribution < -0.4 is 9.80 Å². The van der Waals surface area contributed by atoms with Gasteiger partial charge < -0.3 is 18.6 Å². The summed E-state index contributed by atoms with van der Waals surface area (Å²) in [7, 11) is 0. The molecule has 0 radical (unpaired) electrons. The molecule has 0 spiro atoms. The van der Waals surface area contributed by atoms with Crippen LogP contribution >= 0.6 is 11.3 Å². The number of rotatable bonds is 7. The SMILES string of the molecule is CC1(C)c2ccccc2-c2ccc(N(c3ccccc3)c3cc(N(c4ccccc4)c4ccc5c(c4)oc4ccccc45)c4sc5ccc(-c6cc7c(oc8ccc9ccccc9c87)c7ccccc67)cc5c4c3)cc21. The van der Waals surface area contributed by atoms with Gasteiger partial charge in [-0.25, -0.2) is 0 Å². The maximum atomic E-state index is 6.77. The Bertz CT molecular complexity index is 4870. The topological polar surface area (TPSA) is 32.8 Å². The molecule has 15 aromatic rings. The molecular formula is C71H46N2O2S. The second-order valence-electron chi connectivity index (χ2n) is 20.8. The second-order valence-corrected chi connectivity index (χ2v) is 21.8. The van der Waals surface area contributed by atoms with E-state index in [0.29, 0.717) is 0 Å². The molecule has 0 amide bonds. The predicted molar refractivity (Wildman–Crippen MR) is 321 cm³/mol. The van der Waals surface area contributed by atoms with Crippen molar-refractivity contribution in [2.24, 2.45) is 0 Å². The average molecular weight is 991 g/mol. The molecule has 5 heteroatoms. The number of fused-ring (bicyclic) bond motifs is 16. The van der Waals surface area contributed by atoms with E-state index in [-0.39, 0.29) is 5.41 Å². The molecule has 3 heterocycles. The summed E-state index contributed by atoms with van der Waals surface area (Å²) in [6.07, 6.45) is 0. The molecule has 76 heavy (non-hydrogen) atoms. The highest BCUT2D eigenvalue weighted by molar-refractivity contribution is 7.26. The van der Waals surface area contributed by atoms with Gasteiger partial charge in [0.15, 0.2) is 0 Å². The fourth-order valence-electron chi connectivity index (χ4n) is 12.6. The number of benzene rings is 12. The van der Waals surface area contributed by atoms with Gasteiger partial charge in [0.05, 0.1) is 10.4 Å². The standard InChI is InChI=1S/C71H46N2O2S/c1-71(2)61-27-15-13-24-52(61)53-33-31-47(39-62(53)71)72(45-18-5-3-6-19-45)49-38-59-58-37-44(57-42-60-68-50-22-10-9-17-43(50)29-35-65(68)75-69(60)56-26-12-11-23-51(56)57)30-36-67(58)76-70(59)63(40-49)73(46-20-7-4-8-21-46)48-32-34-55-54-25-14-16-28-64(54)74-66(55)41-48/h3-42H,1-2H3. The Balaban J connectivity index is 0.977. The van der Waals surface area contributed by atoms with Crippen molar-refractivity contribution in [2.45, 2.75) is 19.3 Å². The van der Waals surface area contributed by atoms with Gasteiger partial charge in [-0.15, -0.1) is 11.3 Å². The minimum Gasteiger partial charge on any atom is -0.456 e. The van der Waals surface area contributed by atoms with Gasteiger partial charge in [0.1, 0.15) is 22.3 Å². The molecule has 0 aliphatic heterocycles. The Morgan fingerprint density at radius 2 is 1.03 bits per heavy atom. The van der Waals surface area contributed by atoms with Crippen molar-refractivity contribution < 1.29 is 8.83 Å². The lowest BCUT2D eigenvalue weighted by atomic mass is 9.82. The molecule has 12 aromatic carbocycles. The van der Waals surface area contributed by atoms with Crippen molar-refractivity contribution >= 4 is 131 Å². The van der Waals surface area contributed by atoms with Crippen molar-refractivity contribution in [1.82, 2.24) is 0 Å². The van der Waals surface area contributed by atoms with E-state index in [9.17, 15) is 0 Å². The van der Waals surface area contributed by atoms with Gasteiger partial charge in [0, 0.05) is 82.3 Å². The highest BCUT2D eigenvalue weighted by Crippen LogP contribution is 2.54. The number of hydrogen-bond acceptors (Lipinski definition) is 5. The molecular weight excluding hydrogens is 945 g/mol. The number of furan rings is 2. The van der Waals surface area contributed by atoms with Gasteiger partial charge in [-0.3, -0.25) is 0 Å². The smallest absolute Gasteiger partial charge is 0.143 e. The van der Waals surface area contributed by atoms with Crippen LogP contribution in [-0.2, 0) is 5.41 Å². The monoisotopic (exact) mass is 990 g/mol. The largest absolute Gasteiger partial charge is 0.456 e. The van der Waals surface area contributed by atoms with E-state index in [1.54, 1.807) is 0 Å².